The lowest BCUT2D eigenvalue weighted by atomic mass is 10.0. The van der Waals surface area contributed by atoms with Crippen LogP contribution in [0.3, 0.4) is 0 Å². The number of rotatable bonds is 5. The standard InChI is InChI=1S/C15H32N4.HI/c1-12(2)6-9-17-15(16-5)18-14-7-10-19(11-8-14)13(3)4;/h12-14H,6-11H2,1-5H3,(H2,16,17,18);1H. The Morgan fingerprint density at radius 3 is 2.25 bits per heavy atom. The Morgan fingerprint density at radius 1 is 1.20 bits per heavy atom. The molecule has 1 heterocycles. The highest BCUT2D eigenvalue weighted by Crippen LogP contribution is 2.12. The highest BCUT2D eigenvalue weighted by Gasteiger charge is 2.21. The molecule has 120 valence electrons. The molecule has 20 heavy (non-hydrogen) atoms. The van der Waals surface area contributed by atoms with E-state index in [0.717, 1.165) is 18.4 Å². The van der Waals surface area contributed by atoms with Crippen molar-refractivity contribution in [1.29, 1.82) is 0 Å². The molecule has 0 saturated carbocycles. The molecule has 0 aromatic carbocycles. The smallest absolute Gasteiger partial charge is 0.191 e. The van der Waals surface area contributed by atoms with Gasteiger partial charge in [0.25, 0.3) is 0 Å². The molecule has 1 saturated heterocycles. The summed E-state index contributed by atoms with van der Waals surface area (Å²) in [6.07, 6.45) is 3.61. The zero-order chi connectivity index (χ0) is 14.3. The molecular weight excluding hydrogens is 363 g/mol. The molecule has 0 amide bonds. The summed E-state index contributed by atoms with van der Waals surface area (Å²) in [6.45, 7) is 12.4. The number of nitrogens with zero attached hydrogens (tertiary/aromatic N) is 2. The predicted molar refractivity (Wildman–Crippen MR) is 99.1 cm³/mol. The van der Waals surface area contributed by atoms with Gasteiger partial charge in [-0.05, 0) is 39.0 Å². The van der Waals surface area contributed by atoms with Gasteiger partial charge in [0.15, 0.2) is 5.96 Å². The van der Waals surface area contributed by atoms with Gasteiger partial charge in [-0.3, -0.25) is 4.99 Å². The van der Waals surface area contributed by atoms with E-state index in [1.54, 1.807) is 0 Å². The number of piperidine rings is 1. The normalized spacial score (nSPS) is 18.2. The van der Waals surface area contributed by atoms with Crippen LogP contribution in [0, 0.1) is 5.92 Å². The summed E-state index contributed by atoms with van der Waals surface area (Å²) in [5, 5.41) is 6.96. The fourth-order valence-electron chi connectivity index (χ4n) is 2.43. The van der Waals surface area contributed by atoms with Crippen LogP contribution in [-0.2, 0) is 0 Å². The lowest BCUT2D eigenvalue weighted by molar-refractivity contribution is 0.167. The first kappa shape index (κ1) is 20.0. The maximum absolute atomic E-state index is 4.31. The van der Waals surface area contributed by atoms with E-state index in [9.17, 15) is 0 Å². The second kappa shape index (κ2) is 10.7. The van der Waals surface area contributed by atoms with Crippen LogP contribution in [-0.4, -0.2) is 49.6 Å². The maximum Gasteiger partial charge on any atom is 0.191 e. The minimum Gasteiger partial charge on any atom is -0.356 e. The van der Waals surface area contributed by atoms with Crippen molar-refractivity contribution in [2.24, 2.45) is 10.9 Å². The fourth-order valence-corrected chi connectivity index (χ4v) is 2.43. The van der Waals surface area contributed by atoms with Crippen LogP contribution in [0.2, 0.25) is 0 Å². The molecule has 1 rings (SSSR count). The topological polar surface area (TPSA) is 39.7 Å². The Bertz CT molecular complexity index is 271. The molecule has 0 spiro atoms. The maximum atomic E-state index is 4.31. The van der Waals surface area contributed by atoms with Crippen LogP contribution < -0.4 is 10.6 Å². The van der Waals surface area contributed by atoms with Gasteiger partial charge in [0.05, 0.1) is 0 Å². The van der Waals surface area contributed by atoms with Crippen molar-refractivity contribution < 1.29 is 0 Å². The average Bonchev–Trinajstić information content (AvgIpc) is 2.37. The predicted octanol–water partition coefficient (Wildman–Crippen LogP) is 2.69. The summed E-state index contributed by atoms with van der Waals surface area (Å²) in [6, 6.07) is 1.24. The van der Waals surface area contributed by atoms with E-state index in [2.05, 4.69) is 48.2 Å². The number of hydrogen-bond donors (Lipinski definition) is 2. The second-order valence-corrected chi connectivity index (χ2v) is 6.23. The summed E-state index contributed by atoms with van der Waals surface area (Å²) in [5.41, 5.74) is 0. The van der Waals surface area contributed by atoms with Gasteiger partial charge in [0, 0.05) is 38.8 Å². The Hall–Kier alpha value is -0.0400. The molecule has 1 aliphatic rings. The molecule has 0 aromatic rings. The summed E-state index contributed by atoms with van der Waals surface area (Å²) < 4.78 is 0. The van der Waals surface area contributed by atoms with E-state index < -0.39 is 0 Å². The Balaban J connectivity index is 0.00000361. The van der Waals surface area contributed by atoms with E-state index >= 15 is 0 Å². The first-order valence-corrected chi connectivity index (χ1v) is 7.74. The third kappa shape index (κ3) is 7.67. The second-order valence-electron chi connectivity index (χ2n) is 6.23. The number of nitrogens with one attached hydrogen (secondary N) is 2. The van der Waals surface area contributed by atoms with Crippen molar-refractivity contribution in [3.8, 4) is 0 Å². The molecule has 0 unspecified atom stereocenters. The number of hydrogen-bond acceptors (Lipinski definition) is 2. The molecule has 0 atom stereocenters. The summed E-state index contributed by atoms with van der Waals surface area (Å²) in [4.78, 5) is 6.86. The first-order chi connectivity index (χ1) is 9.02. The number of aliphatic imine (C=N–C) groups is 1. The highest BCUT2D eigenvalue weighted by atomic mass is 127. The van der Waals surface area contributed by atoms with Gasteiger partial charge < -0.3 is 15.5 Å². The average molecular weight is 396 g/mol. The van der Waals surface area contributed by atoms with E-state index in [-0.39, 0.29) is 24.0 Å². The van der Waals surface area contributed by atoms with Crippen LogP contribution in [0.5, 0.6) is 0 Å². The van der Waals surface area contributed by atoms with E-state index in [1.807, 2.05) is 7.05 Å². The van der Waals surface area contributed by atoms with Gasteiger partial charge in [-0.2, -0.15) is 0 Å². The fraction of sp³-hybridized carbons (Fsp3) is 0.933. The van der Waals surface area contributed by atoms with E-state index in [1.165, 1.54) is 32.4 Å². The minimum atomic E-state index is 0. The molecule has 1 fully saturated rings. The van der Waals surface area contributed by atoms with Crippen molar-refractivity contribution in [2.75, 3.05) is 26.7 Å². The molecular formula is C15H33IN4. The third-order valence-corrected chi connectivity index (χ3v) is 3.84. The molecule has 0 aliphatic carbocycles. The third-order valence-electron chi connectivity index (χ3n) is 3.84. The number of guanidine groups is 1. The molecule has 2 N–H and O–H groups in total. The lowest BCUT2D eigenvalue weighted by Crippen LogP contribution is -2.50. The molecule has 5 heteroatoms. The van der Waals surface area contributed by atoms with Crippen LogP contribution in [0.4, 0.5) is 0 Å². The van der Waals surface area contributed by atoms with Crippen molar-refractivity contribution in [3.63, 3.8) is 0 Å². The van der Waals surface area contributed by atoms with Gasteiger partial charge in [-0.1, -0.05) is 13.8 Å². The van der Waals surface area contributed by atoms with Crippen molar-refractivity contribution in [3.05, 3.63) is 0 Å². The van der Waals surface area contributed by atoms with Crippen molar-refractivity contribution in [1.82, 2.24) is 15.5 Å². The largest absolute Gasteiger partial charge is 0.356 e. The summed E-state index contributed by atoms with van der Waals surface area (Å²) in [5.74, 6) is 1.70. The molecule has 0 radical (unpaired) electrons. The molecule has 0 bridgehead atoms. The molecule has 0 aromatic heterocycles. The monoisotopic (exact) mass is 396 g/mol. The van der Waals surface area contributed by atoms with Gasteiger partial charge in [-0.15, -0.1) is 24.0 Å². The van der Waals surface area contributed by atoms with Crippen molar-refractivity contribution >= 4 is 29.9 Å². The summed E-state index contributed by atoms with van der Waals surface area (Å²) >= 11 is 0. The molecule has 4 nitrogen and oxygen atoms in total. The van der Waals surface area contributed by atoms with Crippen LogP contribution in [0.1, 0.15) is 47.0 Å². The zero-order valence-corrected chi connectivity index (χ0v) is 16.1. The summed E-state index contributed by atoms with van der Waals surface area (Å²) in [7, 11) is 1.86. The highest BCUT2D eigenvalue weighted by molar-refractivity contribution is 14.0. The SMILES string of the molecule is CN=C(NCCC(C)C)NC1CCN(C(C)C)CC1.I. The Morgan fingerprint density at radius 2 is 1.80 bits per heavy atom. The van der Waals surface area contributed by atoms with Gasteiger partial charge in [0.1, 0.15) is 0 Å². The van der Waals surface area contributed by atoms with Gasteiger partial charge in [-0.25, -0.2) is 0 Å². The zero-order valence-electron chi connectivity index (χ0n) is 13.8. The van der Waals surface area contributed by atoms with Crippen LogP contribution in [0.15, 0.2) is 4.99 Å². The number of halogens is 1. The lowest BCUT2D eigenvalue weighted by Gasteiger charge is -2.35. The van der Waals surface area contributed by atoms with Gasteiger partial charge >= 0.3 is 0 Å². The van der Waals surface area contributed by atoms with Crippen LogP contribution >= 0.6 is 24.0 Å². The quantitative estimate of drug-likeness (QED) is 0.427. The molecule has 1 aliphatic heterocycles. The van der Waals surface area contributed by atoms with E-state index in [4.69, 9.17) is 0 Å². The Kier molecular flexibility index (Phi) is 10.6. The first-order valence-electron chi connectivity index (χ1n) is 7.74. The number of likely N-dealkylation sites (tertiary alicyclic amines) is 1. The Labute approximate surface area is 142 Å². The van der Waals surface area contributed by atoms with Crippen molar-refractivity contribution in [2.45, 2.75) is 59.0 Å². The minimum absolute atomic E-state index is 0. The van der Waals surface area contributed by atoms with E-state index in [0.29, 0.717) is 12.1 Å². The van der Waals surface area contributed by atoms with Crippen LogP contribution in [0.25, 0.3) is 0 Å². The van der Waals surface area contributed by atoms with Gasteiger partial charge in [0.2, 0.25) is 0 Å².